The van der Waals surface area contributed by atoms with Crippen LogP contribution < -0.4 is 5.32 Å². The lowest BCUT2D eigenvalue weighted by Gasteiger charge is -2.18. The van der Waals surface area contributed by atoms with Crippen LogP contribution in [0.3, 0.4) is 0 Å². The van der Waals surface area contributed by atoms with E-state index >= 15 is 0 Å². The largest absolute Gasteiger partial charge is 0.457 e. The van der Waals surface area contributed by atoms with Crippen molar-refractivity contribution in [2.45, 2.75) is 26.3 Å². The number of aryl methyl sites for hydroxylation is 1. The zero-order valence-corrected chi connectivity index (χ0v) is 12.3. The van der Waals surface area contributed by atoms with E-state index in [1.54, 1.807) is 6.26 Å². The molecule has 96 valence electrons. The second-order valence-electron chi connectivity index (χ2n) is 4.24. The zero-order valence-electron chi connectivity index (χ0n) is 10.7. The Kier molecular flexibility index (Phi) is 4.61. The number of hydrogen-bond donors (Lipinski definition) is 1. The van der Waals surface area contributed by atoms with Crippen molar-refractivity contribution < 1.29 is 4.42 Å². The molecular weight excluding hydrogens is 290 g/mol. The minimum Gasteiger partial charge on any atom is -0.457 e. The number of furan rings is 1. The normalized spacial score (nSPS) is 12.6. The minimum atomic E-state index is 0.176. The van der Waals surface area contributed by atoms with E-state index in [4.69, 9.17) is 4.42 Å². The second-order valence-corrected chi connectivity index (χ2v) is 4.96. The number of halogens is 1. The smallest absolute Gasteiger partial charge is 0.174 e. The van der Waals surface area contributed by atoms with Crippen molar-refractivity contribution in [2.24, 2.45) is 0 Å². The van der Waals surface area contributed by atoms with Crippen molar-refractivity contribution in [3.8, 4) is 0 Å². The van der Waals surface area contributed by atoms with E-state index in [1.807, 2.05) is 6.07 Å². The predicted molar refractivity (Wildman–Crippen MR) is 77.7 cm³/mol. The van der Waals surface area contributed by atoms with Crippen LogP contribution in [0.15, 0.2) is 45.7 Å². The lowest BCUT2D eigenvalue weighted by molar-refractivity contribution is 0.526. The van der Waals surface area contributed by atoms with E-state index in [-0.39, 0.29) is 6.04 Å². The molecule has 0 aliphatic heterocycles. The first-order valence-corrected chi connectivity index (χ1v) is 7.10. The second kappa shape index (κ2) is 6.21. The molecule has 1 atom stereocenters. The van der Waals surface area contributed by atoms with Gasteiger partial charge in [-0.3, -0.25) is 0 Å². The highest BCUT2D eigenvalue weighted by atomic mass is 79.9. The fourth-order valence-electron chi connectivity index (χ4n) is 2.11. The summed E-state index contributed by atoms with van der Waals surface area (Å²) in [7, 11) is 0. The third kappa shape index (κ3) is 2.85. The Morgan fingerprint density at radius 3 is 2.72 bits per heavy atom. The van der Waals surface area contributed by atoms with Crippen LogP contribution in [0, 0.1) is 0 Å². The molecule has 1 heterocycles. The molecule has 0 radical (unpaired) electrons. The summed E-state index contributed by atoms with van der Waals surface area (Å²) in [5.41, 5.74) is 3.78. The summed E-state index contributed by atoms with van der Waals surface area (Å²) in [6.07, 6.45) is 2.77. The molecule has 3 heteroatoms. The average molecular weight is 308 g/mol. The topological polar surface area (TPSA) is 25.2 Å². The molecule has 1 unspecified atom stereocenters. The fourth-order valence-corrected chi connectivity index (χ4v) is 2.58. The SMILES string of the molecule is CCNC(c1cccc(CC)c1)c1ccoc1Br. The van der Waals surface area contributed by atoms with E-state index in [9.17, 15) is 0 Å². The van der Waals surface area contributed by atoms with Crippen LogP contribution in [-0.2, 0) is 6.42 Å². The summed E-state index contributed by atoms with van der Waals surface area (Å²) in [4.78, 5) is 0. The van der Waals surface area contributed by atoms with Crippen LogP contribution in [0.25, 0.3) is 0 Å². The van der Waals surface area contributed by atoms with Gasteiger partial charge >= 0.3 is 0 Å². The van der Waals surface area contributed by atoms with Crippen LogP contribution in [-0.4, -0.2) is 6.54 Å². The van der Waals surface area contributed by atoms with Gasteiger partial charge in [0, 0.05) is 5.56 Å². The Hall–Kier alpha value is -1.06. The molecule has 1 aromatic heterocycles. The summed E-state index contributed by atoms with van der Waals surface area (Å²) >= 11 is 3.46. The molecule has 0 fully saturated rings. The number of rotatable bonds is 5. The Labute approximate surface area is 117 Å². The maximum Gasteiger partial charge on any atom is 0.174 e. The monoisotopic (exact) mass is 307 g/mol. The van der Waals surface area contributed by atoms with Gasteiger partial charge in [0.05, 0.1) is 12.3 Å². The Bertz CT molecular complexity index is 507. The standard InChI is InChI=1S/C15H18BrNO/c1-3-11-6-5-7-12(10-11)14(17-4-2)13-8-9-18-15(13)16/h5-10,14,17H,3-4H2,1-2H3. The molecular formula is C15H18BrNO. The molecule has 1 aromatic carbocycles. The van der Waals surface area contributed by atoms with Gasteiger partial charge in [0.25, 0.3) is 0 Å². The summed E-state index contributed by atoms with van der Waals surface area (Å²) in [6.45, 7) is 5.21. The highest BCUT2D eigenvalue weighted by Crippen LogP contribution is 2.29. The summed E-state index contributed by atoms with van der Waals surface area (Å²) in [5, 5.41) is 3.50. The molecule has 0 aliphatic carbocycles. The van der Waals surface area contributed by atoms with Gasteiger partial charge in [0.15, 0.2) is 4.67 Å². The molecule has 0 amide bonds. The van der Waals surface area contributed by atoms with E-state index < -0.39 is 0 Å². The molecule has 1 N–H and O–H groups in total. The zero-order chi connectivity index (χ0) is 13.0. The molecule has 2 rings (SSSR count). The van der Waals surface area contributed by atoms with E-state index in [2.05, 4.69) is 59.4 Å². The van der Waals surface area contributed by atoms with Crippen molar-refractivity contribution in [1.82, 2.24) is 5.32 Å². The predicted octanol–water partition coefficient (Wildman–Crippen LogP) is 4.30. The number of benzene rings is 1. The van der Waals surface area contributed by atoms with Crippen molar-refractivity contribution in [1.29, 1.82) is 0 Å². The van der Waals surface area contributed by atoms with Crippen LogP contribution in [0.5, 0.6) is 0 Å². The third-order valence-corrected chi connectivity index (χ3v) is 3.70. The Morgan fingerprint density at radius 1 is 1.28 bits per heavy atom. The van der Waals surface area contributed by atoms with Gasteiger partial charge in [-0.15, -0.1) is 0 Å². The minimum absolute atomic E-state index is 0.176. The van der Waals surface area contributed by atoms with Crippen LogP contribution in [0.1, 0.15) is 36.6 Å². The lowest BCUT2D eigenvalue weighted by Crippen LogP contribution is -2.22. The molecule has 0 spiro atoms. The number of hydrogen-bond acceptors (Lipinski definition) is 2. The quantitative estimate of drug-likeness (QED) is 0.890. The van der Waals surface area contributed by atoms with Gasteiger partial charge in [0.1, 0.15) is 0 Å². The molecule has 0 saturated carbocycles. The third-order valence-electron chi connectivity index (χ3n) is 3.06. The Morgan fingerprint density at radius 2 is 2.11 bits per heavy atom. The van der Waals surface area contributed by atoms with Crippen molar-refractivity contribution >= 4 is 15.9 Å². The highest BCUT2D eigenvalue weighted by Gasteiger charge is 2.17. The van der Waals surface area contributed by atoms with Crippen LogP contribution >= 0.6 is 15.9 Å². The molecule has 0 saturated heterocycles. The van der Waals surface area contributed by atoms with Crippen molar-refractivity contribution in [3.05, 3.63) is 58.0 Å². The van der Waals surface area contributed by atoms with Gasteiger partial charge in [-0.2, -0.15) is 0 Å². The molecule has 0 bridgehead atoms. The molecule has 2 aromatic rings. The first-order chi connectivity index (χ1) is 8.76. The van der Waals surface area contributed by atoms with E-state index in [0.29, 0.717) is 0 Å². The molecule has 2 nitrogen and oxygen atoms in total. The molecule has 0 aliphatic rings. The highest BCUT2D eigenvalue weighted by molar-refractivity contribution is 9.10. The van der Waals surface area contributed by atoms with Gasteiger partial charge in [0.2, 0.25) is 0 Å². The van der Waals surface area contributed by atoms with E-state index in [0.717, 1.165) is 23.2 Å². The number of nitrogens with one attached hydrogen (secondary N) is 1. The molecule has 18 heavy (non-hydrogen) atoms. The first kappa shape index (κ1) is 13.4. The average Bonchev–Trinajstić information content (AvgIpc) is 2.82. The van der Waals surface area contributed by atoms with Gasteiger partial charge in [-0.1, -0.05) is 38.1 Å². The summed E-state index contributed by atoms with van der Waals surface area (Å²) in [5.74, 6) is 0. The summed E-state index contributed by atoms with van der Waals surface area (Å²) < 4.78 is 6.15. The van der Waals surface area contributed by atoms with Crippen LogP contribution in [0.2, 0.25) is 0 Å². The van der Waals surface area contributed by atoms with E-state index in [1.165, 1.54) is 11.1 Å². The van der Waals surface area contributed by atoms with Gasteiger partial charge in [-0.25, -0.2) is 0 Å². The van der Waals surface area contributed by atoms with Gasteiger partial charge in [-0.05, 0) is 46.1 Å². The summed E-state index contributed by atoms with van der Waals surface area (Å²) in [6, 6.07) is 10.9. The first-order valence-electron chi connectivity index (χ1n) is 6.31. The fraction of sp³-hybridized carbons (Fsp3) is 0.333. The lowest BCUT2D eigenvalue weighted by atomic mass is 9.98. The Balaban J connectivity index is 2.38. The van der Waals surface area contributed by atoms with Crippen molar-refractivity contribution in [2.75, 3.05) is 6.54 Å². The maximum absolute atomic E-state index is 5.35. The van der Waals surface area contributed by atoms with Gasteiger partial charge < -0.3 is 9.73 Å². The van der Waals surface area contributed by atoms with Crippen molar-refractivity contribution in [3.63, 3.8) is 0 Å². The van der Waals surface area contributed by atoms with Crippen LogP contribution in [0.4, 0.5) is 0 Å². The maximum atomic E-state index is 5.35.